The van der Waals surface area contributed by atoms with Crippen LogP contribution < -0.4 is 10.6 Å². The minimum Gasteiger partial charge on any atom is -0.384 e. The van der Waals surface area contributed by atoms with Crippen molar-refractivity contribution in [2.75, 3.05) is 17.2 Å². The molecular weight excluding hydrogens is 236 g/mol. The summed E-state index contributed by atoms with van der Waals surface area (Å²) in [5, 5.41) is 0. The van der Waals surface area contributed by atoms with Gasteiger partial charge in [-0.2, -0.15) is 0 Å². The van der Waals surface area contributed by atoms with Crippen molar-refractivity contribution < 1.29 is 0 Å². The lowest BCUT2D eigenvalue weighted by atomic mass is 9.96. The maximum absolute atomic E-state index is 5.97. The van der Waals surface area contributed by atoms with Crippen LogP contribution in [0.4, 0.5) is 11.6 Å². The number of hydrogen-bond donors (Lipinski definition) is 1. The van der Waals surface area contributed by atoms with E-state index in [2.05, 4.69) is 37.6 Å². The van der Waals surface area contributed by atoms with Gasteiger partial charge in [0.05, 0.1) is 0 Å². The van der Waals surface area contributed by atoms with Crippen molar-refractivity contribution in [1.29, 1.82) is 0 Å². The molecule has 4 heteroatoms. The first-order chi connectivity index (χ1) is 8.88. The van der Waals surface area contributed by atoms with Gasteiger partial charge in [-0.05, 0) is 19.8 Å². The van der Waals surface area contributed by atoms with Crippen LogP contribution in [0.25, 0.3) is 0 Å². The summed E-state index contributed by atoms with van der Waals surface area (Å²) in [5.74, 6) is 2.40. The molecule has 0 aliphatic carbocycles. The third-order valence-corrected chi connectivity index (χ3v) is 3.75. The predicted octanol–water partition coefficient (Wildman–Crippen LogP) is 3.13. The third-order valence-electron chi connectivity index (χ3n) is 3.75. The van der Waals surface area contributed by atoms with E-state index < -0.39 is 0 Å². The Balaban J connectivity index is 2.35. The van der Waals surface area contributed by atoms with Gasteiger partial charge in [0, 0.05) is 24.1 Å². The van der Waals surface area contributed by atoms with Crippen molar-refractivity contribution in [3.05, 3.63) is 11.9 Å². The lowest BCUT2D eigenvalue weighted by molar-refractivity contribution is 0.540. The van der Waals surface area contributed by atoms with Gasteiger partial charge in [0.2, 0.25) is 0 Å². The van der Waals surface area contributed by atoms with Crippen molar-refractivity contribution in [1.82, 2.24) is 9.97 Å². The molecule has 1 aliphatic heterocycles. The summed E-state index contributed by atoms with van der Waals surface area (Å²) in [6.07, 6.45) is 5.09. The van der Waals surface area contributed by atoms with Crippen LogP contribution in [0.2, 0.25) is 0 Å². The second-order valence-electron chi connectivity index (χ2n) is 6.62. The lowest BCUT2D eigenvalue weighted by Crippen LogP contribution is -2.34. The van der Waals surface area contributed by atoms with Crippen LogP contribution in [-0.2, 0) is 5.41 Å². The van der Waals surface area contributed by atoms with E-state index in [0.29, 0.717) is 11.9 Å². The Hall–Kier alpha value is -1.32. The van der Waals surface area contributed by atoms with Gasteiger partial charge in [0.1, 0.15) is 17.5 Å². The number of rotatable bonds is 1. The average molecular weight is 262 g/mol. The number of anilines is 2. The number of aromatic nitrogens is 2. The molecule has 0 amide bonds. The first-order valence-corrected chi connectivity index (χ1v) is 7.29. The zero-order chi connectivity index (χ0) is 14.0. The van der Waals surface area contributed by atoms with E-state index in [0.717, 1.165) is 18.2 Å². The number of nitrogen functional groups attached to an aromatic ring is 1. The Bertz CT molecular complexity index is 436. The summed E-state index contributed by atoms with van der Waals surface area (Å²) in [5.41, 5.74) is 5.90. The zero-order valence-electron chi connectivity index (χ0n) is 12.6. The summed E-state index contributed by atoms with van der Waals surface area (Å²) < 4.78 is 0. The fraction of sp³-hybridized carbons (Fsp3) is 0.733. The van der Waals surface area contributed by atoms with E-state index in [1.807, 2.05) is 6.07 Å². The first kappa shape index (κ1) is 14.1. The van der Waals surface area contributed by atoms with Crippen LogP contribution in [-0.4, -0.2) is 22.6 Å². The molecule has 1 aliphatic rings. The van der Waals surface area contributed by atoms with Crippen LogP contribution in [0.5, 0.6) is 0 Å². The molecule has 4 nitrogen and oxygen atoms in total. The predicted molar refractivity (Wildman–Crippen MR) is 80.4 cm³/mol. The smallest absolute Gasteiger partial charge is 0.138 e. The van der Waals surface area contributed by atoms with E-state index in [-0.39, 0.29) is 5.41 Å². The van der Waals surface area contributed by atoms with Crippen LogP contribution >= 0.6 is 0 Å². The largest absolute Gasteiger partial charge is 0.384 e. The Morgan fingerprint density at radius 1 is 1.21 bits per heavy atom. The highest BCUT2D eigenvalue weighted by molar-refractivity contribution is 5.48. The number of nitrogens with zero attached hydrogens (tertiary/aromatic N) is 3. The topological polar surface area (TPSA) is 55.0 Å². The molecule has 106 valence electrons. The monoisotopic (exact) mass is 262 g/mol. The maximum atomic E-state index is 5.97. The van der Waals surface area contributed by atoms with Crippen molar-refractivity contribution in [3.63, 3.8) is 0 Å². The molecular formula is C15H26N4. The molecule has 0 spiro atoms. The second kappa shape index (κ2) is 5.35. The first-order valence-electron chi connectivity index (χ1n) is 7.29. The lowest BCUT2D eigenvalue weighted by Gasteiger charge is -2.29. The molecule has 0 bridgehead atoms. The van der Waals surface area contributed by atoms with Gasteiger partial charge in [-0.15, -0.1) is 0 Å². The Morgan fingerprint density at radius 2 is 1.95 bits per heavy atom. The quantitative estimate of drug-likeness (QED) is 0.845. The summed E-state index contributed by atoms with van der Waals surface area (Å²) in [6, 6.07) is 2.45. The molecule has 2 heterocycles. The molecule has 1 aromatic heterocycles. The summed E-state index contributed by atoms with van der Waals surface area (Å²) >= 11 is 0. The third kappa shape index (κ3) is 3.37. The highest BCUT2D eigenvalue weighted by atomic mass is 15.2. The highest BCUT2D eigenvalue weighted by Crippen LogP contribution is 2.26. The second-order valence-corrected chi connectivity index (χ2v) is 6.62. The molecule has 0 aromatic carbocycles. The molecule has 2 N–H and O–H groups in total. The van der Waals surface area contributed by atoms with Gasteiger partial charge in [-0.1, -0.05) is 33.6 Å². The van der Waals surface area contributed by atoms with Crippen molar-refractivity contribution >= 4 is 11.6 Å². The van der Waals surface area contributed by atoms with Gasteiger partial charge in [0.25, 0.3) is 0 Å². The molecule has 0 saturated carbocycles. The molecule has 1 saturated heterocycles. The summed E-state index contributed by atoms with van der Waals surface area (Å²) in [4.78, 5) is 11.5. The molecule has 1 aromatic rings. The standard InChI is InChI=1S/C15H26N4/c1-11-8-6-5-7-9-19(11)13-10-12(16)17-14(18-13)15(2,3)4/h10-11H,5-9H2,1-4H3,(H2,16,17,18). The fourth-order valence-electron chi connectivity index (χ4n) is 2.55. The normalized spacial score (nSPS) is 21.3. The molecule has 1 fully saturated rings. The van der Waals surface area contributed by atoms with Gasteiger partial charge < -0.3 is 10.6 Å². The summed E-state index contributed by atoms with van der Waals surface area (Å²) in [7, 11) is 0. The molecule has 2 rings (SSSR count). The van der Waals surface area contributed by atoms with Crippen molar-refractivity contribution in [2.24, 2.45) is 0 Å². The van der Waals surface area contributed by atoms with Crippen molar-refractivity contribution in [3.8, 4) is 0 Å². The zero-order valence-corrected chi connectivity index (χ0v) is 12.6. The maximum Gasteiger partial charge on any atom is 0.138 e. The van der Waals surface area contributed by atoms with Crippen LogP contribution in [0.1, 0.15) is 59.2 Å². The Labute approximate surface area is 116 Å². The van der Waals surface area contributed by atoms with Crippen LogP contribution in [0.3, 0.4) is 0 Å². The van der Waals surface area contributed by atoms with E-state index in [1.54, 1.807) is 0 Å². The molecule has 19 heavy (non-hydrogen) atoms. The van der Waals surface area contributed by atoms with Gasteiger partial charge in [-0.3, -0.25) is 0 Å². The van der Waals surface area contributed by atoms with Crippen LogP contribution in [0, 0.1) is 0 Å². The highest BCUT2D eigenvalue weighted by Gasteiger charge is 2.23. The Morgan fingerprint density at radius 3 is 2.63 bits per heavy atom. The van der Waals surface area contributed by atoms with Gasteiger partial charge in [0.15, 0.2) is 0 Å². The van der Waals surface area contributed by atoms with E-state index >= 15 is 0 Å². The Kier molecular flexibility index (Phi) is 3.97. The van der Waals surface area contributed by atoms with E-state index in [4.69, 9.17) is 10.7 Å². The van der Waals surface area contributed by atoms with Gasteiger partial charge in [-0.25, -0.2) is 9.97 Å². The number of hydrogen-bond acceptors (Lipinski definition) is 4. The van der Waals surface area contributed by atoms with E-state index in [9.17, 15) is 0 Å². The van der Waals surface area contributed by atoms with Crippen molar-refractivity contribution in [2.45, 2.75) is 64.8 Å². The fourth-order valence-corrected chi connectivity index (χ4v) is 2.55. The molecule has 0 radical (unpaired) electrons. The average Bonchev–Trinajstić information content (AvgIpc) is 2.52. The minimum absolute atomic E-state index is 0.0702. The molecule has 1 unspecified atom stereocenters. The summed E-state index contributed by atoms with van der Waals surface area (Å²) in [6.45, 7) is 9.72. The minimum atomic E-state index is -0.0702. The van der Waals surface area contributed by atoms with Crippen LogP contribution in [0.15, 0.2) is 6.07 Å². The van der Waals surface area contributed by atoms with E-state index in [1.165, 1.54) is 25.7 Å². The SMILES string of the molecule is CC1CCCCCN1c1cc(N)nc(C(C)(C)C)n1. The van der Waals surface area contributed by atoms with Gasteiger partial charge >= 0.3 is 0 Å². The molecule has 1 atom stereocenters. The number of nitrogens with two attached hydrogens (primary N) is 1.